The topological polar surface area (TPSA) is 92.3 Å². The second-order valence-corrected chi connectivity index (χ2v) is 9.13. The Hall–Kier alpha value is -1.27. The molecule has 1 aromatic rings. The zero-order valence-corrected chi connectivity index (χ0v) is 20.5. The number of halogens is 1. The van der Waals surface area contributed by atoms with E-state index in [0.717, 1.165) is 43.3 Å². The number of ether oxygens (including phenoxy) is 2. The average molecular weight is 540 g/mol. The van der Waals surface area contributed by atoms with Gasteiger partial charge in [0.05, 0.1) is 26.1 Å². The van der Waals surface area contributed by atoms with Gasteiger partial charge in [-0.2, -0.15) is 0 Å². The number of anilines is 1. The van der Waals surface area contributed by atoms with Crippen molar-refractivity contribution in [3.8, 4) is 5.75 Å². The molecule has 1 saturated heterocycles. The summed E-state index contributed by atoms with van der Waals surface area (Å²) in [5, 5.41) is 6.68. The van der Waals surface area contributed by atoms with E-state index in [4.69, 9.17) is 9.47 Å². The number of benzene rings is 1. The molecule has 0 spiro atoms. The molecule has 2 N–H and O–H groups in total. The molecule has 166 valence electrons. The highest BCUT2D eigenvalue weighted by Crippen LogP contribution is 2.24. The number of hydrogen-bond acceptors (Lipinski definition) is 6. The lowest BCUT2D eigenvalue weighted by atomic mass is 10.0. The van der Waals surface area contributed by atoms with Gasteiger partial charge in [-0.25, -0.2) is 8.42 Å². The molecule has 8 nitrogen and oxygen atoms in total. The number of sulfone groups is 1. The summed E-state index contributed by atoms with van der Waals surface area (Å²) < 4.78 is 32.8. The number of aliphatic imine (C=N–C) groups is 1. The highest BCUT2D eigenvalue weighted by atomic mass is 127. The summed E-state index contributed by atoms with van der Waals surface area (Å²) in [6.45, 7) is 3.11. The molecule has 0 amide bonds. The van der Waals surface area contributed by atoms with Crippen molar-refractivity contribution in [1.82, 2.24) is 10.6 Å². The lowest BCUT2D eigenvalue weighted by Gasteiger charge is -2.35. The highest BCUT2D eigenvalue weighted by Gasteiger charge is 2.21. The number of hydrogen-bond donors (Lipinski definition) is 2. The molecule has 10 heteroatoms. The SMILES string of the molecule is CN=C(NCCOCCS(C)(=O)=O)NC1CCCN(c2cccc(OC)c2)C1.I. The summed E-state index contributed by atoms with van der Waals surface area (Å²) >= 11 is 0. The highest BCUT2D eigenvalue weighted by molar-refractivity contribution is 14.0. The molecule has 1 aromatic carbocycles. The van der Waals surface area contributed by atoms with Crippen molar-refractivity contribution < 1.29 is 17.9 Å². The van der Waals surface area contributed by atoms with Gasteiger partial charge in [-0.15, -0.1) is 24.0 Å². The number of methoxy groups -OCH3 is 1. The predicted molar refractivity (Wildman–Crippen MR) is 129 cm³/mol. The maximum atomic E-state index is 11.1. The number of guanidine groups is 1. The Morgan fingerprint density at radius 1 is 1.34 bits per heavy atom. The van der Waals surface area contributed by atoms with Gasteiger partial charge in [0.15, 0.2) is 5.96 Å². The zero-order valence-electron chi connectivity index (χ0n) is 17.4. The third-order valence-corrected chi connectivity index (χ3v) is 5.45. The minimum absolute atomic E-state index is 0. The minimum Gasteiger partial charge on any atom is -0.497 e. The third-order valence-electron chi connectivity index (χ3n) is 4.54. The molecule has 0 radical (unpaired) electrons. The Labute approximate surface area is 191 Å². The van der Waals surface area contributed by atoms with Crippen LogP contribution in [-0.2, 0) is 14.6 Å². The summed E-state index contributed by atoms with van der Waals surface area (Å²) in [6, 6.07) is 8.41. The first-order chi connectivity index (χ1) is 13.4. The van der Waals surface area contributed by atoms with E-state index in [9.17, 15) is 8.42 Å². The van der Waals surface area contributed by atoms with Crippen LogP contribution in [0, 0.1) is 0 Å². The molecule has 0 bridgehead atoms. The van der Waals surface area contributed by atoms with Gasteiger partial charge in [0.1, 0.15) is 15.6 Å². The van der Waals surface area contributed by atoms with Crippen molar-refractivity contribution >= 4 is 45.5 Å². The Bertz CT molecular complexity index is 745. The first kappa shape index (κ1) is 25.8. The number of piperidine rings is 1. The monoisotopic (exact) mass is 540 g/mol. The van der Waals surface area contributed by atoms with Gasteiger partial charge in [0.2, 0.25) is 0 Å². The van der Waals surface area contributed by atoms with Crippen LogP contribution < -0.4 is 20.3 Å². The van der Waals surface area contributed by atoms with E-state index < -0.39 is 9.84 Å². The maximum absolute atomic E-state index is 11.1. The van der Waals surface area contributed by atoms with Crippen LogP contribution in [0.2, 0.25) is 0 Å². The molecule has 1 aliphatic rings. The fraction of sp³-hybridized carbons (Fsp3) is 0.632. The van der Waals surface area contributed by atoms with Gasteiger partial charge in [0, 0.05) is 50.7 Å². The molecule has 0 aromatic heterocycles. The van der Waals surface area contributed by atoms with E-state index in [1.807, 2.05) is 12.1 Å². The predicted octanol–water partition coefficient (Wildman–Crippen LogP) is 1.51. The number of nitrogens with one attached hydrogen (secondary N) is 2. The van der Waals surface area contributed by atoms with Gasteiger partial charge in [-0.3, -0.25) is 4.99 Å². The van der Waals surface area contributed by atoms with Crippen LogP contribution >= 0.6 is 24.0 Å². The summed E-state index contributed by atoms with van der Waals surface area (Å²) in [6.07, 6.45) is 3.38. The summed E-state index contributed by atoms with van der Waals surface area (Å²) in [5.74, 6) is 1.63. The van der Waals surface area contributed by atoms with Crippen molar-refractivity contribution in [2.75, 3.05) is 63.9 Å². The summed E-state index contributed by atoms with van der Waals surface area (Å²) in [5.41, 5.74) is 1.16. The second-order valence-electron chi connectivity index (χ2n) is 6.87. The number of rotatable bonds is 9. The molecule has 1 fully saturated rings. The first-order valence-corrected chi connectivity index (χ1v) is 11.6. The van der Waals surface area contributed by atoms with E-state index in [-0.39, 0.29) is 42.4 Å². The maximum Gasteiger partial charge on any atom is 0.191 e. The van der Waals surface area contributed by atoms with Crippen LogP contribution in [0.15, 0.2) is 29.3 Å². The smallest absolute Gasteiger partial charge is 0.191 e. The van der Waals surface area contributed by atoms with E-state index in [1.165, 1.54) is 6.26 Å². The van der Waals surface area contributed by atoms with Crippen molar-refractivity contribution in [3.63, 3.8) is 0 Å². The van der Waals surface area contributed by atoms with E-state index in [1.54, 1.807) is 14.2 Å². The molecule has 2 rings (SSSR count). The van der Waals surface area contributed by atoms with Crippen molar-refractivity contribution in [2.24, 2.45) is 4.99 Å². The fourth-order valence-corrected chi connectivity index (χ4v) is 3.50. The number of nitrogens with zero attached hydrogens (tertiary/aromatic N) is 2. The van der Waals surface area contributed by atoms with Gasteiger partial charge in [-0.05, 0) is 25.0 Å². The lowest BCUT2D eigenvalue weighted by molar-refractivity contribution is 0.154. The molecule has 1 unspecified atom stereocenters. The van der Waals surface area contributed by atoms with E-state index >= 15 is 0 Å². The van der Waals surface area contributed by atoms with Crippen LogP contribution in [0.25, 0.3) is 0 Å². The molecule has 1 atom stereocenters. The van der Waals surface area contributed by atoms with Crippen LogP contribution in [-0.4, -0.2) is 79.4 Å². The van der Waals surface area contributed by atoms with Gasteiger partial charge in [0.25, 0.3) is 0 Å². The van der Waals surface area contributed by atoms with Crippen LogP contribution in [0.3, 0.4) is 0 Å². The normalized spacial score (nSPS) is 17.4. The van der Waals surface area contributed by atoms with Gasteiger partial charge in [-0.1, -0.05) is 6.07 Å². The van der Waals surface area contributed by atoms with Crippen molar-refractivity contribution in [2.45, 2.75) is 18.9 Å². The average Bonchev–Trinajstić information content (AvgIpc) is 2.69. The van der Waals surface area contributed by atoms with Gasteiger partial charge < -0.3 is 25.0 Å². The lowest BCUT2D eigenvalue weighted by Crippen LogP contribution is -2.51. The molecule has 1 heterocycles. The molecule has 0 aliphatic carbocycles. The molecule has 1 aliphatic heterocycles. The van der Waals surface area contributed by atoms with Crippen LogP contribution in [0.4, 0.5) is 5.69 Å². The largest absolute Gasteiger partial charge is 0.497 e. The second kappa shape index (κ2) is 13.1. The Morgan fingerprint density at radius 2 is 2.14 bits per heavy atom. The summed E-state index contributed by atoms with van der Waals surface area (Å²) in [4.78, 5) is 6.62. The van der Waals surface area contributed by atoms with Gasteiger partial charge >= 0.3 is 0 Å². The molecular weight excluding hydrogens is 507 g/mol. The Balaban J connectivity index is 0.00000420. The van der Waals surface area contributed by atoms with E-state index in [0.29, 0.717) is 13.2 Å². The molecule has 0 saturated carbocycles. The minimum atomic E-state index is -2.98. The fourth-order valence-electron chi connectivity index (χ4n) is 3.08. The molecular formula is C19H33IN4O4S. The molecule has 29 heavy (non-hydrogen) atoms. The van der Waals surface area contributed by atoms with E-state index in [2.05, 4.69) is 32.7 Å². The third kappa shape index (κ3) is 9.85. The van der Waals surface area contributed by atoms with Crippen molar-refractivity contribution in [3.05, 3.63) is 24.3 Å². The Kier molecular flexibility index (Phi) is 11.7. The van der Waals surface area contributed by atoms with Crippen LogP contribution in [0.1, 0.15) is 12.8 Å². The summed E-state index contributed by atoms with van der Waals surface area (Å²) in [7, 11) is 0.441. The first-order valence-electron chi connectivity index (χ1n) is 9.53. The standard InChI is InChI=1S/C19H32N4O4S.HI/c1-20-19(21-9-11-27-12-13-28(3,24)25)22-16-6-5-10-23(15-16)17-7-4-8-18(14-17)26-2;/h4,7-8,14,16H,5-6,9-13,15H2,1-3H3,(H2,20,21,22);1H. The van der Waals surface area contributed by atoms with Crippen molar-refractivity contribution in [1.29, 1.82) is 0 Å². The van der Waals surface area contributed by atoms with Crippen LogP contribution in [0.5, 0.6) is 5.75 Å². The quantitative estimate of drug-likeness (QED) is 0.212. The Morgan fingerprint density at radius 3 is 2.83 bits per heavy atom. The zero-order chi connectivity index (χ0) is 20.4.